The van der Waals surface area contributed by atoms with Gasteiger partial charge in [-0.3, -0.25) is 4.79 Å². The number of rotatable bonds is 4. The Morgan fingerprint density at radius 1 is 1.17 bits per heavy atom. The van der Waals surface area contributed by atoms with Gasteiger partial charge in [0.05, 0.1) is 5.54 Å². The maximum atomic E-state index is 12.3. The molecule has 24 heavy (non-hydrogen) atoms. The first kappa shape index (κ1) is 21.0. The molecule has 0 atom stereocenters. The van der Waals surface area contributed by atoms with Gasteiger partial charge < -0.3 is 16.0 Å². The van der Waals surface area contributed by atoms with Crippen molar-refractivity contribution in [3.05, 3.63) is 23.9 Å². The SMILES string of the molecule is Cl.Cl.NC1(C(=O)NCc2ccnc(N3CCCCC3)c2)CCCC1. The van der Waals surface area contributed by atoms with Crippen LogP contribution in [0, 0.1) is 0 Å². The Hall–Kier alpha value is -1.04. The summed E-state index contributed by atoms with van der Waals surface area (Å²) in [6.45, 7) is 2.69. The highest BCUT2D eigenvalue weighted by Gasteiger charge is 2.36. The lowest BCUT2D eigenvalue weighted by atomic mass is 9.98. The summed E-state index contributed by atoms with van der Waals surface area (Å²) in [4.78, 5) is 19.1. The Kier molecular flexibility index (Phi) is 8.27. The zero-order valence-corrected chi connectivity index (χ0v) is 15.6. The number of nitrogens with one attached hydrogen (secondary N) is 1. The van der Waals surface area contributed by atoms with Gasteiger partial charge in [0, 0.05) is 25.8 Å². The van der Waals surface area contributed by atoms with E-state index < -0.39 is 5.54 Å². The van der Waals surface area contributed by atoms with Crippen LogP contribution < -0.4 is 16.0 Å². The molecule has 136 valence electrons. The number of carbonyl (C=O) groups excluding carboxylic acids is 1. The predicted octanol–water partition coefficient (Wildman–Crippen LogP) is 2.80. The fourth-order valence-electron chi connectivity index (χ4n) is 3.46. The average Bonchev–Trinajstić information content (AvgIpc) is 3.02. The molecule has 3 rings (SSSR count). The van der Waals surface area contributed by atoms with Crippen LogP contribution in [0.5, 0.6) is 0 Å². The van der Waals surface area contributed by atoms with Gasteiger partial charge in [0.25, 0.3) is 0 Å². The summed E-state index contributed by atoms with van der Waals surface area (Å²) in [5.41, 5.74) is 6.62. The number of carbonyl (C=O) groups is 1. The Labute approximate surface area is 156 Å². The lowest BCUT2D eigenvalue weighted by Gasteiger charge is -2.28. The number of hydrogen-bond donors (Lipinski definition) is 2. The van der Waals surface area contributed by atoms with E-state index in [1.807, 2.05) is 12.3 Å². The van der Waals surface area contributed by atoms with Crippen molar-refractivity contribution in [1.29, 1.82) is 0 Å². The summed E-state index contributed by atoms with van der Waals surface area (Å²) >= 11 is 0. The predicted molar refractivity (Wildman–Crippen MR) is 102 cm³/mol. The van der Waals surface area contributed by atoms with Crippen molar-refractivity contribution in [2.75, 3.05) is 18.0 Å². The van der Waals surface area contributed by atoms with Crippen molar-refractivity contribution in [3.63, 3.8) is 0 Å². The average molecular weight is 375 g/mol. The number of nitrogens with zero attached hydrogens (tertiary/aromatic N) is 2. The van der Waals surface area contributed by atoms with Gasteiger partial charge in [0.1, 0.15) is 5.82 Å². The van der Waals surface area contributed by atoms with Crippen molar-refractivity contribution >= 4 is 36.5 Å². The Balaban J connectivity index is 0.00000144. The molecule has 0 spiro atoms. The molecule has 0 unspecified atom stereocenters. The van der Waals surface area contributed by atoms with Crippen molar-refractivity contribution < 1.29 is 4.79 Å². The minimum absolute atomic E-state index is 0. The van der Waals surface area contributed by atoms with Crippen LogP contribution in [0.4, 0.5) is 5.82 Å². The van der Waals surface area contributed by atoms with E-state index in [1.165, 1.54) is 19.3 Å². The van der Waals surface area contributed by atoms with E-state index in [9.17, 15) is 4.79 Å². The summed E-state index contributed by atoms with van der Waals surface area (Å²) < 4.78 is 0. The van der Waals surface area contributed by atoms with Crippen LogP contribution in [0.25, 0.3) is 0 Å². The number of piperidine rings is 1. The maximum Gasteiger partial charge on any atom is 0.240 e. The van der Waals surface area contributed by atoms with Crippen LogP contribution in [0.2, 0.25) is 0 Å². The van der Waals surface area contributed by atoms with E-state index in [-0.39, 0.29) is 30.7 Å². The number of amides is 1. The lowest BCUT2D eigenvalue weighted by Crippen LogP contribution is -2.51. The van der Waals surface area contributed by atoms with Gasteiger partial charge in [-0.1, -0.05) is 12.8 Å². The highest BCUT2D eigenvalue weighted by Crippen LogP contribution is 2.27. The molecule has 7 heteroatoms. The van der Waals surface area contributed by atoms with E-state index in [0.717, 1.165) is 50.2 Å². The first-order valence-electron chi connectivity index (χ1n) is 8.44. The number of aromatic nitrogens is 1. The third-order valence-corrected chi connectivity index (χ3v) is 4.89. The molecule has 0 aromatic carbocycles. The minimum atomic E-state index is -0.650. The van der Waals surface area contributed by atoms with Gasteiger partial charge in [-0.05, 0) is 49.8 Å². The molecule has 2 heterocycles. The molecule has 1 aromatic rings. The summed E-state index contributed by atoms with van der Waals surface area (Å²) in [6, 6.07) is 4.05. The summed E-state index contributed by atoms with van der Waals surface area (Å²) in [5.74, 6) is 1.01. The fraction of sp³-hybridized carbons (Fsp3) is 0.647. The largest absolute Gasteiger partial charge is 0.357 e. The Morgan fingerprint density at radius 2 is 1.83 bits per heavy atom. The number of pyridine rings is 1. The molecular weight excluding hydrogens is 347 g/mol. The molecule has 2 fully saturated rings. The summed E-state index contributed by atoms with van der Waals surface area (Å²) in [7, 11) is 0. The first-order chi connectivity index (χ1) is 10.7. The molecule has 3 N–H and O–H groups in total. The molecule has 5 nitrogen and oxygen atoms in total. The van der Waals surface area contributed by atoms with Crippen LogP contribution >= 0.6 is 24.8 Å². The quantitative estimate of drug-likeness (QED) is 0.849. The fourth-order valence-corrected chi connectivity index (χ4v) is 3.46. The van der Waals surface area contributed by atoms with Gasteiger partial charge in [-0.2, -0.15) is 0 Å². The Bertz CT molecular complexity index is 529. The van der Waals surface area contributed by atoms with Crippen molar-refractivity contribution in [1.82, 2.24) is 10.3 Å². The van der Waals surface area contributed by atoms with Gasteiger partial charge in [-0.15, -0.1) is 24.8 Å². The molecule has 0 bridgehead atoms. The minimum Gasteiger partial charge on any atom is -0.357 e. The standard InChI is InChI=1S/C17H26N4O.2ClH/c18-17(7-2-3-8-17)16(22)20-13-14-6-9-19-15(12-14)21-10-4-1-5-11-21;;/h6,9,12H,1-5,7-8,10-11,13,18H2,(H,20,22);2*1H. The number of hydrogen-bond acceptors (Lipinski definition) is 4. The Morgan fingerprint density at radius 3 is 2.50 bits per heavy atom. The topological polar surface area (TPSA) is 71.2 Å². The van der Waals surface area contributed by atoms with Crippen LogP contribution in [-0.4, -0.2) is 29.5 Å². The van der Waals surface area contributed by atoms with Crippen LogP contribution in [0.15, 0.2) is 18.3 Å². The number of halogens is 2. The number of anilines is 1. The van der Waals surface area contributed by atoms with E-state index in [2.05, 4.69) is 21.3 Å². The summed E-state index contributed by atoms with van der Waals surface area (Å²) in [5, 5.41) is 3.00. The molecule has 0 radical (unpaired) electrons. The smallest absolute Gasteiger partial charge is 0.240 e. The molecule has 1 aliphatic heterocycles. The van der Waals surface area contributed by atoms with E-state index in [0.29, 0.717) is 6.54 Å². The van der Waals surface area contributed by atoms with Gasteiger partial charge in [-0.25, -0.2) is 4.98 Å². The molecule has 1 aromatic heterocycles. The van der Waals surface area contributed by atoms with Crippen molar-refractivity contribution in [2.24, 2.45) is 5.73 Å². The second kappa shape index (κ2) is 9.44. The third kappa shape index (κ3) is 4.98. The van der Waals surface area contributed by atoms with Crippen LogP contribution in [-0.2, 0) is 11.3 Å². The molecule has 1 saturated heterocycles. The second-order valence-electron chi connectivity index (χ2n) is 6.62. The third-order valence-electron chi connectivity index (χ3n) is 4.89. The van der Waals surface area contributed by atoms with E-state index in [4.69, 9.17) is 5.73 Å². The van der Waals surface area contributed by atoms with E-state index >= 15 is 0 Å². The van der Waals surface area contributed by atoms with Crippen molar-refractivity contribution in [3.8, 4) is 0 Å². The molecule has 1 saturated carbocycles. The molecular formula is C17H28Cl2N4O. The summed E-state index contributed by atoms with van der Waals surface area (Å²) in [6.07, 6.45) is 9.32. The van der Waals surface area contributed by atoms with Crippen molar-refractivity contribution in [2.45, 2.75) is 57.0 Å². The van der Waals surface area contributed by atoms with Gasteiger partial charge >= 0.3 is 0 Å². The van der Waals surface area contributed by atoms with Crippen LogP contribution in [0.1, 0.15) is 50.5 Å². The zero-order chi connectivity index (χ0) is 15.4. The molecule has 2 aliphatic rings. The van der Waals surface area contributed by atoms with Gasteiger partial charge in [0.2, 0.25) is 5.91 Å². The lowest BCUT2D eigenvalue weighted by molar-refractivity contribution is -0.126. The second-order valence-corrected chi connectivity index (χ2v) is 6.62. The number of nitrogens with two attached hydrogens (primary N) is 1. The van der Waals surface area contributed by atoms with Gasteiger partial charge in [0.15, 0.2) is 0 Å². The normalized spacial score (nSPS) is 19.1. The zero-order valence-electron chi connectivity index (χ0n) is 14.0. The first-order valence-corrected chi connectivity index (χ1v) is 8.44. The highest BCUT2D eigenvalue weighted by atomic mass is 35.5. The van der Waals surface area contributed by atoms with Crippen LogP contribution in [0.3, 0.4) is 0 Å². The van der Waals surface area contributed by atoms with E-state index in [1.54, 1.807) is 0 Å². The maximum absolute atomic E-state index is 12.3. The molecule has 1 amide bonds. The molecule has 1 aliphatic carbocycles. The monoisotopic (exact) mass is 374 g/mol. The highest BCUT2D eigenvalue weighted by molar-refractivity contribution is 5.86.